The summed E-state index contributed by atoms with van der Waals surface area (Å²) in [7, 11) is 2.08. The van der Waals surface area contributed by atoms with Gasteiger partial charge in [-0.2, -0.15) is 13.2 Å². The molecule has 9 heteroatoms. The Labute approximate surface area is 226 Å². The lowest BCUT2D eigenvalue weighted by molar-refractivity contribution is -0.137. The second-order valence-electron chi connectivity index (χ2n) is 9.58. The molecule has 38 heavy (non-hydrogen) atoms. The van der Waals surface area contributed by atoms with Crippen molar-refractivity contribution in [2.45, 2.75) is 32.3 Å². The van der Waals surface area contributed by atoms with Gasteiger partial charge in [-0.25, -0.2) is 0 Å². The molecule has 1 N–H and O–H groups in total. The van der Waals surface area contributed by atoms with Crippen molar-refractivity contribution in [2.75, 3.05) is 33.2 Å². The number of nitrogens with zero attached hydrogens (tertiary/aromatic N) is 2. The molecule has 5 nitrogen and oxygen atoms in total. The number of carbonyl (C=O) groups is 1. The maximum atomic E-state index is 13.0. The van der Waals surface area contributed by atoms with E-state index in [-0.39, 0.29) is 5.91 Å². The van der Waals surface area contributed by atoms with Crippen molar-refractivity contribution in [3.8, 4) is 16.9 Å². The number of hydrogen-bond acceptors (Lipinski definition) is 4. The number of piperazine rings is 1. The van der Waals surface area contributed by atoms with Gasteiger partial charge >= 0.3 is 6.18 Å². The smallest absolute Gasteiger partial charge is 0.416 e. The largest absolute Gasteiger partial charge is 0.481 e. The van der Waals surface area contributed by atoms with E-state index in [0.717, 1.165) is 55.0 Å². The van der Waals surface area contributed by atoms with Crippen LogP contribution in [0, 0.1) is 0 Å². The van der Waals surface area contributed by atoms with Gasteiger partial charge < -0.3 is 15.0 Å². The molecule has 1 unspecified atom stereocenters. The minimum atomic E-state index is -4.38. The van der Waals surface area contributed by atoms with Gasteiger partial charge in [0.2, 0.25) is 0 Å². The van der Waals surface area contributed by atoms with Gasteiger partial charge in [0, 0.05) is 49.9 Å². The van der Waals surface area contributed by atoms with Crippen LogP contribution >= 0.6 is 11.6 Å². The monoisotopic (exact) mass is 545 g/mol. The highest BCUT2D eigenvalue weighted by Crippen LogP contribution is 2.33. The van der Waals surface area contributed by atoms with Gasteiger partial charge in [0.1, 0.15) is 5.75 Å². The van der Waals surface area contributed by atoms with Crippen LogP contribution in [0.25, 0.3) is 11.1 Å². The number of likely N-dealkylation sites (N-methyl/N-ethyl adjacent to an activating group) is 1. The van der Waals surface area contributed by atoms with Crippen LogP contribution in [0.2, 0.25) is 5.02 Å². The zero-order valence-corrected chi connectivity index (χ0v) is 22.1. The molecule has 4 rings (SSSR count). The first kappa shape index (κ1) is 28.0. The molecule has 1 aliphatic heterocycles. The molecule has 202 valence electrons. The van der Waals surface area contributed by atoms with E-state index in [2.05, 4.69) is 22.2 Å². The Morgan fingerprint density at radius 1 is 0.974 bits per heavy atom. The molecule has 0 spiro atoms. The van der Waals surface area contributed by atoms with E-state index in [0.29, 0.717) is 29.4 Å². The Balaban J connectivity index is 1.51. The van der Waals surface area contributed by atoms with Crippen molar-refractivity contribution in [1.82, 2.24) is 15.1 Å². The van der Waals surface area contributed by atoms with E-state index < -0.39 is 17.8 Å². The summed E-state index contributed by atoms with van der Waals surface area (Å²) in [6, 6.07) is 17.9. The summed E-state index contributed by atoms with van der Waals surface area (Å²) in [6.45, 7) is 6.31. The van der Waals surface area contributed by atoms with Crippen molar-refractivity contribution in [3.05, 3.63) is 88.4 Å². The van der Waals surface area contributed by atoms with Crippen molar-refractivity contribution < 1.29 is 22.7 Å². The molecule has 1 fully saturated rings. The first-order chi connectivity index (χ1) is 18.1. The first-order valence-corrected chi connectivity index (χ1v) is 12.9. The number of nitrogens with one attached hydrogen (secondary N) is 1. The number of benzene rings is 3. The van der Waals surface area contributed by atoms with Crippen LogP contribution in [0.1, 0.15) is 23.6 Å². The van der Waals surface area contributed by atoms with Crippen LogP contribution in [0.5, 0.6) is 5.75 Å². The number of halogens is 4. The maximum Gasteiger partial charge on any atom is 0.416 e. The van der Waals surface area contributed by atoms with Gasteiger partial charge in [-0.15, -0.1) is 0 Å². The number of amides is 1. The Bertz CT molecular complexity index is 1230. The van der Waals surface area contributed by atoms with Gasteiger partial charge in [0.05, 0.1) is 5.56 Å². The molecule has 1 amide bonds. The van der Waals surface area contributed by atoms with Gasteiger partial charge in [0.25, 0.3) is 5.91 Å². The summed E-state index contributed by atoms with van der Waals surface area (Å²) in [5.74, 6) is 0.325. The number of hydrogen-bond donors (Lipinski definition) is 1. The Hall–Kier alpha value is -3.07. The highest BCUT2D eigenvalue weighted by molar-refractivity contribution is 6.30. The molecule has 0 bridgehead atoms. The topological polar surface area (TPSA) is 44.8 Å². The fraction of sp³-hybridized carbons (Fsp3) is 0.345. The minimum absolute atomic E-state index is 0.252. The highest BCUT2D eigenvalue weighted by atomic mass is 35.5. The average molecular weight is 546 g/mol. The molecule has 0 aromatic heterocycles. The molecule has 1 saturated heterocycles. The van der Waals surface area contributed by atoms with Crippen LogP contribution in [-0.4, -0.2) is 55.0 Å². The third-order valence-electron chi connectivity index (χ3n) is 6.65. The fourth-order valence-corrected chi connectivity index (χ4v) is 4.40. The number of ether oxygens (including phenoxy) is 1. The number of rotatable bonds is 8. The van der Waals surface area contributed by atoms with Crippen molar-refractivity contribution >= 4 is 17.5 Å². The summed E-state index contributed by atoms with van der Waals surface area (Å²) in [5, 5.41) is 3.51. The van der Waals surface area contributed by atoms with Crippen LogP contribution in [-0.2, 0) is 24.1 Å². The molecule has 3 aromatic rings. The van der Waals surface area contributed by atoms with Crippen LogP contribution in [0.15, 0.2) is 66.7 Å². The Morgan fingerprint density at radius 2 is 1.61 bits per heavy atom. The van der Waals surface area contributed by atoms with Crippen molar-refractivity contribution in [2.24, 2.45) is 0 Å². The summed E-state index contributed by atoms with van der Waals surface area (Å²) >= 11 is 5.92. The van der Waals surface area contributed by atoms with E-state index in [4.69, 9.17) is 16.3 Å². The molecule has 1 atom stereocenters. The summed E-state index contributed by atoms with van der Waals surface area (Å²) < 4.78 is 45.2. The summed E-state index contributed by atoms with van der Waals surface area (Å²) in [4.78, 5) is 17.3. The molecule has 1 aliphatic rings. The van der Waals surface area contributed by atoms with Gasteiger partial charge in [-0.3, -0.25) is 9.69 Å². The second kappa shape index (κ2) is 12.2. The molecular weight excluding hydrogens is 515 g/mol. The summed E-state index contributed by atoms with van der Waals surface area (Å²) in [5.41, 5.74) is 2.58. The van der Waals surface area contributed by atoms with E-state index in [1.165, 1.54) is 12.1 Å². The van der Waals surface area contributed by atoms with E-state index >= 15 is 0 Å². The van der Waals surface area contributed by atoms with E-state index in [1.54, 1.807) is 25.1 Å². The lowest BCUT2D eigenvalue weighted by Crippen LogP contribution is -2.44. The molecule has 1 heterocycles. The molecular formula is C29H31ClF3N3O2. The number of carbonyl (C=O) groups excluding carboxylic acids is 1. The lowest BCUT2D eigenvalue weighted by atomic mass is 10.0. The molecule has 0 radical (unpaired) electrons. The highest BCUT2D eigenvalue weighted by Gasteiger charge is 2.30. The predicted molar refractivity (Wildman–Crippen MR) is 143 cm³/mol. The normalized spacial score (nSPS) is 15.7. The summed E-state index contributed by atoms with van der Waals surface area (Å²) in [6.07, 6.45) is -5.13. The number of alkyl halides is 3. The molecule has 0 aliphatic carbocycles. The van der Waals surface area contributed by atoms with E-state index in [9.17, 15) is 18.0 Å². The van der Waals surface area contributed by atoms with Crippen molar-refractivity contribution in [3.63, 3.8) is 0 Å². The first-order valence-electron chi connectivity index (χ1n) is 12.5. The second-order valence-corrected chi connectivity index (χ2v) is 10.0. The van der Waals surface area contributed by atoms with Crippen LogP contribution < -0.4 is 10.1 Å². The lowest BCUT2D eigenvalue weighted by Gasteiger charge is -2.33. The van der Waals surface area contributed by atoms with Gasteiger partial charge in [-0.1, -0.05) is 41.9 Å². The van der Waals surface area contributed by atoms with Gasteiger partial charge in [0.15, 0.2) is 6.10 Å². The Kier molecular flexibility index (Phi) is 8.97. The zero-order valence-electron chi connectivity index (χ0n) is 21.4. The van der Waals surface area contributed by atoms with Crippen LogP contribution in [0.4, 0.5) is 13.2 Å². The standard InChI is InChI=1S/C29H31ClF3N3O2/c1-20(28(37)34-18-21-3-10-26(30)11-4-21)38-27-12-7-23(22-5-8-25(9-6-22)29(31,32)33)17-24(27)19-36-15-13-35(2)14-16-36/h3-12,17,20H,13-16,18-19H2,1-2H3,(H,34,37). The molecule has 3 aromatic carbocycles. The van der Waals surface area contributed by atoms with Crippen LogP contribution in [0.3, 0.4) is 0 Å². The van der Waals surface area contributed by atoms with Gasteiger partial charge in [-0.05, 0) is 67.1 Å². The predicted octanol–water partition coefficient (Wildman–Crippen LogP) is 5.86. The van der Waals surface area contributed by atoms with E-state index in [1.807, 2.05) is 24.3 Å². The minimum Gasteiger partial charge on any atom is -0.481 e. The average Bonchev–Trinajstić information content (AvgIpc) is 2.90. The fourth-order valence-electron chi connectivity index (χ4n) is 4.28. The maximum absolute atomic E-state index is 13.0. The quantitative estimate of drug-likeness (QED) is 0.385. The third-order valence-corrected chi connectivity index (χ3v) is 6.90. The Morgan fingerprint density at radius 3 is 2.24 bits per heavy atom. The molecule has 0 saturated carbocycles. The SMILES string of the molecule is CC(Oc1ccc(-c2ccc(C(F)(F)F)cc2)cc1CN1CCN(C)CC1)C(=O)NCc1ccc(Cl)cc1. The third kappa shape index (κ3) is 7.49. The zero-order chi connectivity index (χ0) is 27.3. The van der Waals surface area contributed by atoms with Crippen molar-refractivity contribution in [1.29, 1.82) is 0 Å².